The predicted octanol–water partition coefficient (Wildman–Crippen LogP) is 1.82. The van der Waals surface area contributed by atoms with Gasteiger partial charge in [-0.3, -0.25) is 10.9 Å². The molecule has 0 unspecified atom stereocenters. The van der Waals surface area contributed by atoms with E-state index in [0.29, 0.717) is 21.5 Å². The Hall–Kier alpha value is -1.47. The largest absolute Gasteiger partial charge is 0.362 e. The van der Waals surface area contributed by atoms with Crippen LogP contribution in [0.5, 0.6) is 0 Å². The van der Waals surface area contributed by atoms with Gasteiger partial charge in [0.2, 0.25) is 0 Å². The van der Waals surface area contributed by atoms with Gasteiger partial charge >= 0.3 is 0 Å². The summed E-state index contributed by atoms with van der Waals surface area (Å²) in [6.45, 7) is 4.35. The van der Waals surface area contributed by atoms with Gasteiger partial charge in [-0.15, -0.1) is 0 Å². The van der Waals surface area contributed by atoms with Crippen molar-refractivity contribution in [3.8, 4) is 0 Å². The first-order valence-corrected chi connectivity index (χ1v) is 6.21. The highest BCUT2D eigenvalue weighted by molar-refractivity contribution is 7.80. The average Bonchev–Trinajstić information content (AvgIpc) is 2.32. The molecule has 0 atom stereocenters. The van der Waals surface area contributed by atoms with Gasteiger partial charge in [-0.25, -0.2) is 4.39 Å². The SMILES string of the molecule is CCNC(=S)NNC(=S)Nc1ccc(C)c(F)c1. The number of hydrogen-bond donors (Lipinski definition) is 4. The van der Waals surface area contributed by atoms with Crippen LogP contribution in [0.15, 0.2) is 18.2 Å². The minimum atomic E-state index is -0.279. The molecule has 7 heteroatoms. The summed E-state index contributed by atoms with van der Waals surface area (Å²) in [5, 5.41) is 6.48. The Labute approximate surface area is 116 Å². The van der Waals surface area contributed by atoms with Gasteiger partial charge in [-0.1, -0.05) is 6.07 Å². The third-order valence-electron chi connectivity index (χ3n) is 2.06. The summed E-state index contributed by atoms with van der Waals surface area (Å²) in [6, 6.07) is 4.80. The highest BCUT2D eigenvalue weighted by Gasteiger charge is 2.01. The van der Waals surface area contributed by atoms with Crippen LogP contribution in [0.25, 0.3) is 0 Å². The second-order valence-electron chi connectivity index (χ2n) is 3.53. The number of halogens is 1. The maximum Gasteiger partial charge on any atom is 0.189 e. The van der Waals surface area contributed by atoms with Crippen LogP contribution in [0.3, 0.4) is 0 Å². The molecule has 0 radical (unpaired) electrons. The fourth-order valence-electron chi connectivity index (χ4n) is 1.15. The smallest absolute Gasteiger partial charge is 0.189 e. The standard InChI is InChI=1S/C11H15FN4S2/c1-3-13-10(17)15-16-11(18)14-8-5-4-7(2)9(12)6-8/h4-6H,3H2,1-2H3,(H2,13,15,17)(H2,14,16,18). The monoisotopic (exact) mass is 286 g/mol. The number of rotatable bonds is 2. The fraction of sp³-hybridized carbons (Fsp3) is 0.273. The van der Waals surface area contributed by atoms with Crippen LogP contribution in [-0.4, -0.2) is 16.8 Å². The maximum absolute atomic E-state index is 13.3. The van der Waals surface area contributed by atoms with E-state index >= 15 is 0 Å². The maximum atomic E-state index is 13.3. The third kappa shape index (κ3) is 4.80. The normalized spacial score (nSPS) is 9.50. The van der Waals surface area contributed by atoms with Crippen molar-refractivity contribution in [2.24, 2.45) is 0 Å². The molecule has 4 N–H and O–H groups in total. The molecular formula is C11H15FN4S2. The van der Waals surface area contributed by atoms with Gasteiger partial charge in [0.15, 0.2) is 10.2 Å². The lowest BCUT2D eigenvalue weighted by molar-refractivity contribution is 0.619. The van der Waals surface area contributed by atoms with Crippen LogP contribution in [0.1, 0.15) is 12.5 Å². The Bertz CT molecular complexity index is 451. The zero-order chi connectivity index (χ0) is 13.5. The molecule has 0 aliphatic heterocycles. The summed E-state index contributed by atoms with van der Waals surface area (Å²) >= 11 is 9.96. The summed E-state index contributed by atoms with van der Waals surface area (Å²) in [5.74, 6) is -0.279. The first-order valence-electron chi connectivity index (χ1n) is 5.40. The van der Waals surface area contributed by atoms with Gasteiger partial charge in [0.25, 0.3) is 0 Å². The summed E-state index contributed by atoms with van der Waals surface area (Å²) in [5.41, 5.74) is 6.56. The minimum Gasteiger partial charge on any atom is -0.362 e. The Morgan fingerprint density at radius 1 is 1.22 bits per heavy atom. The van der Waals surface area contributed by atoms with Gasteiger partial charge in [-0.05, 0) is 56.0 Å². The van der Waals surface area contributed by atoms with E-state index in [9.17, 15) is 4.39 Å². The second kappa shape index (κ2) is 7.07. The van der Waals surface area contributed by atoms with E-state index in [4.69, 9.17) is 24.4 Å². The van der Waals surface area contributed by atoms with Crippen molar-refractivity contribution < 1.29 is 4.39 Å². The van der Waals surface area contributed by atoms with Gasteiger partial charge in [-0.2, -0.15) is 0 Å². The molecular weight excluding hydrogens is 271 g/mol. The molecule has 18 heavy (non-hydrogen) atoms. The van der Waals surface area contributed by atoms with Crippen molar-refractivity contribution in [2.45, 2.75) is 13.8 Å². The van der Waals surface area contributed by atoms with Crippen molar-refractivity contribution in [1.82, 2.24) is 16.2 Å². The van der Waals surface area contributed by atoms with Crippen LogP contribution in [0, 0.1) is 12.7 Å². The average molecular weight is 286 g/mol. The Morgan fingerprint density at radius 3 is 2.50 bits per heavy atom. The number of anilines is 1. The second-order valence-corrected chi connectivity index (χ2v) is 4.34. The summed E-state index contributed by atoms with van der Waals surface area (Å²) in [4.78, 5) is 0. The lowest BCUT2D eigenvalue weighted by Crippen LogP contribution is -2.48. The van der Waals surface area contributed by atoms with Crippen molar-refractivity contribution in [3.63, 3.8) is 0 Å². The number of benzene rings is 1. The molecule has 0 aliphatic carbocycles. The Balaban J connectivity index is 2.44. The molecule has 0 spiro atoms. The van der Waals surface area contributed by atoms with E-state index in [2.05, 4.69) is 21.5 Å². The highest BCUT2D eigenvalue weighted by Crippen LogP contribution is 2.13. The van der Waals surface area contributed by atoms with Crippen molar-refractivity contribution in [2.75, 3.05) is 11.9 Å². The Kier molecular flexibility index (Phi) is 5.73. The summed E-state index contributed by atoms with van der Waals surface area (Å²) in [7, 11) is 0. The molecule has 0 saturated carbocycles. The van der Waals surface area contributed by atoms with Crippen molar-refractivity contribution in [3.05, 3.63) is 29.6 Å². The fourth-order valence-corrected chi connectivity index (χ4v) is 1.52. The van der Waals surface area contributed by atoms with E-state index in [1.54, 1.807) is 19.1 Å². The van der Waals surface area contributed by atoms with Crippen molar-refractivity contribution in [1.29, 1.82) is 0 Å². The number of aryl methyl sites for hydroxylation is 1. The molecule has 1 aromatic carbocycles. The number of nitrogens with one attached hydrogen (secondary N) is 4. The van der Waals surface area contributed by atoms with E-state index in [-0.39, 0.29) is 5.82 Å². The Morgan fingerprint density at radius 2 is 1.89 bits per heavy atom. The van der Waals surface area contributed by atoms with E-state index in [0.717, 1.165) is 6.54 Å². The number of thiocarbonyl (C=S) groups is 2. The first-order chi connectivity index (χ1) is 8.52. The van der Waals surface area contributed by atoms with Gasteiger partial charge in [0.05, 0.1) is 0 Å². The van der Waals surface area contributed by atoms with Gasteiger partial charge in [0.1, 0.15) is 5.82 Å². The van der Waals surface area contributed by atoms with E-state index < -0.39 is 0 Å². The molecule has 0 heterocycles. The van der Waals surface area contributed by atoms with Gasteiger partial charge < -0.3 is 10.6 Å². The molecule has 1 aromatic rings. The summed E-state index contributed by atoms with van der Waals surface area (Å²) in [6.07, 6.45) is 0. The number of hydrogen-bond acceptors (Lipinski definition) is 2. The van der Waals surface area contributed by atoms with Crippen LogP contribution >= 0.6 is 24.4 Å². The molecule has 0 aliphatic rings. The zero-order valence-electron chi connectivity index (χ0n) is 10.1. The van der Waals surface area contributed by atoms with Crippen LogP contribution in [0.2, 0.25) is 0 Å². The molecule has 0 amide bonds. The molecule has 1 rings (SSSR count). The van der Waals surface area contributed by atoms with Crippen LogP contribution < -0.4 is 21.5 Å². The first kappa shape index (κ1) is 14.6. The summed E-state index contributed by atoms with van der Waals surface area (Å²) < 4.78 is 13.3. The van der Waals surface area contributed by atoms with E-state index in [1.165, 1.54) is 6.07 Å². The molecule has 98 valence electrons. The lowest BCUT2D eigenvalue weighted by atomic mass is 10.2. The van der Waals surface area contributed by atoms with Crippen LogP contribution in [-0.2, 0) is 0 Å². The van der Waals surface area contributed by atoms with E-state index in [1.807, 2.05) is 6.92 Å². The quantitative estimate of drug-likeness (QED) is 0.491. The van der Waals surface area contributed by atoms with Crippen molar-refractivity contribution >= 4 is 40.3 Å². The molecule has 0 bridgehead atoms. The molecule has 0 saturated heterocycles. The molecule has 4 nitrogen and oxygen atoms in total. The van der Waals surface area contributed by atoms with Gasteiger partial charge in [0, 0.05) is 12.2 Å². The third-order valence-corrected chi connectivity index (χ3v) is 2.51. The molecule has 0 fully saturated rings. The lowest BCUT2D eigenvalue weighted by Gasteiger charge is -2.13. The van der Waals surface area contributed by atoms with Crippen LogP contribution in [0.4, 0.5) is 10.1 Å². The minimum absolute atomic E-state index is 0.279. The topological polar surface area (TPSA) is 48.1 Å². The predicted molar refractivity (Wildman–Crippen MR) is 79.9 cm³/mol. The molecule has 0 aromatic heterocycles. The zero-order valence-corrected chi connectivity index (χ0v) is 11.8. The number of hydrazine groups is 1. The highest BCUT2D eigenvalue weighted by atomic mass is 32.1.